The van der Waals surface area contributed by atoms with Gasteiger partial charge in [-0.15, -0.1) is 11.6 Å². The molecule has 2 aromatic carbocycles. The maximum atomic E-state index is 14.2. The number of alkyl halides is 2. The van der Waals surface area contributed by atoms with Gasteiger partial charge in [-0.2, -0.15) is 5.26 Å². The van der Waals surface area contributed by atoms with Gasteiger partial charge < -0.3 is 24.7 Å². The van der Waals surface area contributed by atoms with Crippen LogP contribution in [0.2, 0.25) is 0 Å². The molecule has 2 aliphatic heterocycles. The highest BCUT2D eigenvalue weighted by Crippen LogP contribution is 2.43. The van der Waals surface area contributed by atoms with E-state index in [-0.39, 0.29) is 48.5 Å². The van der Waals surface area contributed by atoms with E-state index in [1.54, 1.807) is 43.7 Å². The first-order chi connectivity index (χ1) is 24.5. The van der Waals surface area contributed by atoms with Gasteiger partial charge in [0, 0.05) is 52.6 Å². The molecule has 2 unspecified atom stereocenters. The number of ether oxygens (including phenoxy) is 1. The molecule has 3 N–H and O–H groups in total. The van der Waals surface area contributed by atoms with Crippen LogP contribution in [0.25, 0.3) is 16.7 Å². The highest BCUT2D eigenvalue weighted by atomic mass is 35.5. The number of aryl methyl sites for hydroxylation is 1. The standard InChI is InChI=1S/C38H38ClFN6O5/c1-23-6-3-4-7-29(23)30-8-5-9-38(34(30)39,44-35(48)32-12-26(19-50-2)27(14-42-32)16-45-17-28(47)18-45)36-43-31-11-24(10-25(13-41)33(31)51-36)15-46-21-37(49,20-40)22-46/h3-12,14,28,34,47,49H,15-22H2,1-2H3,(H,44,48). The lowest BCUT2D eigenvalue weighted by Crippen LogP contribution is -2.62. The molecule has 0 radical (unpaired) electrons. The number of amides is 1. The van der Waals surface area contributed by atoms with Crippen LogP contribution in [0, 0.1) is 18.3 Å². The molecule has 2 atom stereocenters. The normalized spacial score (nSPS) is 21.9. The number of nitrogens with one attached hydrogen (secondary N) is 1. The van der Waals surface area contributed by atoms with E-state index in [0.29, 0.717) is 31.7 Å². The van der Waals surface area contributed by atoms with Gasteiger partial charge in [0.05, 0.1) is 23.7 Å². The number of halogens is 2. The van der Waals surface area contributed by atoms with Crippen molar-refractivity contribution in [2.45, 2.75) is 49.2 Å². The molecule has 0 saturated carbocycles. The van der Waals surface area contributed by atoms with Crippen LogP contribution >= 0.6 is 11.6 Å². The summed E-state index contributed by atoms with van der Waals surface area (Å²) in [5, 5.41) is 32.2. The van der Waals surface area contributed by atoms with E-state index in [4.69, 9.17) is 25.7 Å². The van der Waals surface area contributed by atoms with Crippen LogP contribution in [0.5, 0.6) is 0 Å². The van der Waals surface area contributed by atoms with Crippen LogP contribution < -0.4 is 5.32 Å². The number of allylic oxidation sites excluding steroid dienone is 2. The summed E-state index contributed by atoms with van der Waals surface area (Å²) in [6, 6.07) is 15.2. The maximum absolute atomic E-state index is 14.2. The van der Waals surface area contributed by atoms with Gasteiger partial charge >= 0.3 is 0 Å². The summed E-state index contributed by atoms with van der Waals surface area (Å²) in [6.45, 7) is 3.84. The molecule has 1 aliphatic carbocycles. The zero-order valence-corrected chi connectivity index (χ0v) is 29.0. The average Bonchev–Trinajstić information content (AvgIpc) is 3.53. The van der Waals surface area contributed by atoms with Crippen LogP contribution in [0.4, 0.5) is 4.39 Å². The number of fused-ring (bicyclic) bond motifs is 1. The Labute approximate surface area is 299 Å². The second kappa shape index (κ2) is 13.9. The van der Waals surface area contributed by atoms with Gasteiger partial charge in [0.15, 0.2) is 11.1 Å². The number of oxazole rings is 1. The van der Waals surface area contributed by atoms with Crippen molar-refractivity contribution in [3.05, 3.63) is 112 Å². The zero-order chi connectivity index (χ0) is 35.9. The smallest absolute Gasteiger partial charge is 0.271 e. The highest BCUT2D eigenvalue weighted by Gasteiger charge is 2.48. The summed E-state index contributed by atoms with van der Waals surface area (Å²) in [5.74, 6) is -0.447. The number of nitrogens with zero attached hydrogens (tertiary/aromatic N) is 5. The Hall–Kier alpha value is -4.48. The van der Waals surface area contributed by atoms with Gasteiger partial charge in [0.1, 0.15) is 29.6 Å². The topological polar surface area (TPSA) is 148 Å². The number of benzene rings is 2. The van der Waals surface area contributed by atoms with E-state index in [1.807, 2.05) is 42.2 Å². The number of methoxy groups -OCH3 is 1. The summed E-state index contributed by atoms with van der Waals surface area (Å²) in [4.78, 5) is 27.6. The molecule has 11 nitrogen and oxygen atoms in total. The van der Waals surface area contributed by atoms with E-state index in [0.717, 1.165) is 33.4 Å². The van der Waals surface area contributed by atoms with E-state index in [2.05, 4.69) is 21.3 Å². The Bertz CT molecular complexity index is 2080. The molecule has 2 saturated heterocycles. The molecule has 0 spiro atoms. The van der Waals surface area contributed by atoms with Crippen molar-refractivity contribution >= 4 is 34.2 Å². The Morgan fingerprint density at radius 1 is 1.20 bits per heavy atom. The first kappa shape index (κ1) is 34.9. The number of carbonyl (C=O) groups is 1. The lowest BCUT2D eigenvalue weighted by molar-refractivity contribution is -0.113. The van der Waals surface area contributed by atoms with E-state index in [1.165, 1.54) is 0 Å². The number of aromatic nitrogens is 2. The molecule has 51 heavy (non-hydrogen) atoms. The minimum Gasteiger partial charge on any atom is -0.436 e. The third-order valence-corrected chi connectivity index (χ3v) is 10.3. The fourth-order valence-corrected chi connectivity index (χ4v) is 7.52. The number of hydrogen-bond donors (Lipinski definition) is 3. The molecule has 1 amide bonds. The second-order valence-corrected chi connectivity index (χ2v) is 14.2. The first-order valence-corrected chi connectivity index (χ1v) is 17.1. The third-order valence-electron chi connectivity index (χ3n) is 9.75. The number of rotatable bonds is 11. The second-order valence-electron chi connectivity index (χ2n) is 13.7. The van der Waals surface area contributed by atoms with Crippen LogP contribution in [0.3, 0.4) is 0 Å². The number of aliphatic hydroxyl groups is 2. The minimum atomic E-state index is -1.51. The number of nitriles is 1. The molecule has 2 fully saturated rings. The van der Waals surface area contributed by atoms with E-state index < -0.39 is 29.1 Å². The number of pyridine rings is 1. The summed E-state index contributed by atoms with van der Waals surface area (Å²) in [5.41, 5.74) is 3.16. The van der Waals surface area contributed by atoms with Crippen LogP contribution in [0.1, 0.15) is 49.8 Å². The van der Waals surface area contributed by atoms with Crippen molar-refractivity contribution in [1.82, 2.24) is 25.1 Å². The lowest BCUT2D eigenvalue weighted by Gasteiger charge is -2.44. The quantitative estimate of drug-likeness (QED) is 0.194. The highest BCUT2D eigenvalue weighted by molar-refractivity contribution is 6.28. The lowest BCUT2D eigenvalue weighted by atomic mass is 9.81. The zero-order valence-electron chi connectivity index (χ0n) is 28.3. The first-order valence-electron chi connectivity index (χ1n) is 16.7. The van der Waals surface area contributed by atoms with E-state index in [9.17, 15) is 24.7 Å². The van der Waals surface area contributed by atoms with Crippen LogP contribution in [-0.4, -0.2) is 92.9 Å². The molecule has 4 heterocycles. The molecule has 3 aliphatic rings. The third kappa shape index (κ3) is 6.69. The van der Waals surface area contributed by atoms with Crippen molar-refractivity contribution in [3.63, 3.8) is 0 Å². The number of carbonyl (C=O) groups excluding carboxylic acids is 1. The van der Waals surface area contributed by atoms with Gasteiger partial charge in [-0.1, -0.05) is 36.4 Å². The van der Waals surface area contributed by atoms with E-state index >= 15 is 0 Å². The predicted molar refractivity (Wildman–Crippen MR) is 188 cm³/mol. The Balaban J connectivity index is 1.27. The molecule has 4 aromatic rings. The van der Waals surface area contributed by atoms with Crippen LogP contribution in [-0.2, 0) is 30.0 Å². The van der Waals surface area contributed by atoms with Crippen molar-refractivity contribution in [1.29, 1.82) is 5.26 Å². The van der Waals surface area contributed by atoms with Gasteiger partial charge in [-0.25, -0.2) is 9.37 Å². The number of likely N-dealkylation sites (tertiary alicyclic amines) is 2. The Kier molecular flexibility index (Phi) is 9.54. The molecule has 13 heteroatoms. The van der Waals surface area contributed by atoms with Gasteiger partial charge in [-0.3, -0.25) is 19.6 Å². The Morgan fingerprint density at radius 2 is 1.98 bits per heavy atom. The predicted octanol–water partition coefficient (Wildman–Crippen LogP) is 4.13. The molecule has 7 rings (SSSR count). The van der Waals surface area contributed by atoms with Crippen molar-refractivity contribution in [3.8, 4) is 6.07 Å². The summed E-state index contributed by atoms with van der Waals surface area (Å²) in [6.07, 6.45) is 6.74. The number of aliphatic hydroxyl groups excluding tert-OH is 1. The SMILES string of the molecule is COCc1cc(C(=O)NC2(c3nc4cc(CN5CC(O)(CF)C5)cc(C#N)c4o3)C=CC=C(c3ccccc3C)C2Cl)ncc1CN1CC(O)C1. The van der Waals surface area contributed by atoms with Crippen LogP contribution in [0.15, 0.2) is 71.3 Å². The van der Waals surface area contributed by atoms with Gasteiger partial charge in [0.25, 0.3) is 5.91 Å². The summed E-state index contributed by atoms with van der Waals surface area (Å²) in [7, 11) is 1.58. The van der Waals surface area contributed by atoms with Crippen molar-refractivity contribution in [2.24, 2.45) is 0 Å². The van der Waals surface area contributed by atoms with Crippen molar-refractivity contribution in [2.75, 3.05) is 40.0 Å². The summed E-state index contributed by atoms with van der Waals surface area (Å²) >= 11 is 7.42. The Morgan fingerprint density at radius 3 is 2.69 bits per heavy atom. The fraction of sp³-hybridized carbons (Fsp3) is 0.368. The number of hydrogen-bond acceptors (Lipinski definition) is 10. The molecular weight excluding hydrogens is 675 g/mol. The average molecular weight is 713 g/mol. The maximum Gasteiger partial charge on any atom is 0.271 e. The molecule has 264 valence electrons. The van der Waals surface area contributed by atoms with Gasteiger partial charge in [0.2, 0.25) is 5.89 Å². The van der Waals surface area contributed by atoms with Crippen molar-refractivity contribution < 1.29 is 28.6 Å². The largest absolute Gasteiger partial charge is 0.436 e. The minimum absolute atomic E-state index is 0.0794. The number of β-amino-alcohol motifs (C(OH)–C–C–N with tert-alkyl or cyclic N) is 2. The van der Waals surface area contributed by atoms with Gasteiger partial charge in [-0.05, 0) is 64.6 Å². The fourth-order valence-electron chi connectivity index (χ4n) is 7.11. The molecular formula is C38H38ClFN6O5. The molecule has 2 aromatic heterocycles. The summed E-state index contributed by atoms with van der Waals surface area (Å²) < 4.78 is 25.0. The molecule has 0 bridgehead atoms. The monoisotopic (exact) mass is 712 g/mol.